The summed E-state index contributed by atoms with van der Waals surface area (Å²) in [6.07, 6.45) is 0. The van der Waals surface area contributed by atoms with Gasteiger partial charge in [-0.15, -0.1) is 0 Å². The minimum absolute atomic E-state index is 0.0565. The summed E-state index contributed by atoms with van der Waals surface area (Å²) in [4.78, 5) is 14.4. The van der Waals surface area contributed by atoms with Crippen LogP contribution in [0.5, 0.6) is 0 Å². The van der Waals surface area contributed by atoms with E-state index in [1.807, 2.05) is 49.2 Å². The Hall–Kier alpha value is -1.35. The summed E-state index contributed by atoms with van der Waals surface area (Å²) in [5.41, 5.74) is 7.30. The van der Waals surface area contributed by atoms with Crippen molar-refractivity contribution < 1.29 is 4.79 Å². The highest BCUT2D eigenvalue weighted by atomic mass is 16.2. The molecule has 1 rings (SSSR count). The fraction of sp³-hybridized carbons (Fsp3) is 0.588. The number of hydrogen-bond donors (Lipinski definition) is 1. The first-order valence-corrected chi connectivity index (χ1v) is 7.23. The van der Waals surface area contributed by atoms with E-state index in [-0.39, 0.29) is 29.3 Å². The largest absolute Gasteiger partial charge is 0.342 e. The second-order valence-electron chi connectivity index (χ2n) is 6.72. The summed E-state index contributed by atoms with van der Waals surface area (Å²) in [6.45, 7) is 10.4. The molecule has 1 aromatic rings. The van der Waals surface area contributed by atoms with Crippen LogP contribution in [0.1, 0.15) is 46.2 Å². The van der Waals surface area contributed by atoms with Crippen molar-refractivity contribution in [3.05, 3.63) is 35.9 Å². The molecule has 0 bridgehead atoms. The highest BCUT2D eigenvalue weighted by molar-refractivity contribution is 5.79. The molecule has 1 amide bonds. The van der Waals surface area contributed by atoms with Crippen LogP contribution in [-0.4, -0.2) is 23.9 Å². The molecule has 3 unspecified atom stereocenters. The molecule has 2 N–H and O–H groups in total. The van der Waals surface area contributed by atoms with Gasteiger partial charge < -0.3 is 10.6 Å². The number of carbonyl (C=O) groups excluding carboxylic acids is 1. The molecule has 1 aromatic carbocycles. The van der Waals surface area contributed by atoms with Crippen LogP contribution in [0.3, 0.4) is 0 Å². The van der Waals surface area contributed by atoms with Crippen molar-refractivity contribution in [2.75, 3.05) is 7.05 Å². The van der Waals surface area contributed by atoms with Crippen molar-refractivity contribution in [1.82, 2.24) is 4.90 Å². The molecular formula is C17H28N2O. The molecule has 20 heavy (non-hydrogen) atoms. The zero-order valence-electron chi connectivity index (χ0n) is 13.6. The molecule has 0 aliphatic rings. The van der Waals surface area contributed by atoms with E-state index < -0.39 is 0 Å². The minimum atomic E-state index is -0.265. The van der Waals surface area contributed by atoms with Crippen LogP contribution in [0.15, 0.2) is 30.3 Å². The van der Waals surface area contributed by atoms with Crippen LogP contribution >= 0.6 is 0 Å². The van der Waals surface area contributed by atoms with Crippen molar-refractivity contribution in [2.45, 2.75) is 46.7 Å². The van der Waals surface area contributed by atoms with Crippen molar-refractivity contribution in [3.8, 4) is 0 Å². The van der Waals surface area contributed by atoms with Gasteiger partial charge in [0.25, 0.3) is 0 Å². The van der Waals surface area contributed by atoms with Gasteiger partial charge in [0.2, 0.25) is 5.91 Å². The maximum Gasteiger partial charge on any atom is 0.227 e. The lowest BCUT2D eigenvalue weighted by Crippen LogP contribution is -2.46. The molecule has 0 aromatic heterocycles. The monoisotopic (exact) mass is 276 g/mol. The first-order valence-electron chi connectivity index (χ1n) is 7.23. The highest BCUT2D eigenvalue weighted by Gasteiger charge is 2.31. The van der Waals surface area contributed by atoms with E-state index in [0.29, 0.717) is 0 Å². The fourth-order valence-electron chi connectivity index (χ4n) is 2.21. The number of hydrogen-bond acceptors (Lipinski definition) is 2. The van der Waals surface area contributed by atoms with Gasteiger partial charge in [-0.3, -0.25) is 4.79 Å². The van der Waals surface area contributed by atoms with Crippen LogP contribution in [0, 0.1) is 11.3 Å². The van der Waals surface area contributed by atoms with Crippen molar-refractivity contribution in [2.24, 2.45) is 17.1 Å². The Balaban J connectivity index is 2.81. The molecule has 0 aliphatic heterocycles. The fourth-order valence-corrected chi connectivity index (χ4v) is 2.21. The van der Waals surface area contributed by atoms with E-state index in [9.17, 15) is 4.79 Å². The Bertz CT molecular complexity index is 436. The lowest BCUT2D eigenvalue weighted by molar-refractivity contribution is -0.138. The second kappa shape index (κ2) is 6.40. The molecule has 0 saturated heterocycles. The van der Waals surface area contributed by atoms with Gasteiger partial charge in [-0.25, -0.2) is 0 Å². The van der Waals surface area contributed by atoms with Crippen molar-refractivity contribution in [1.29, 1.82) is 0 Å². The maximum atomic E-state index is 12.6. The number of nitrogens with zero attached hydrogens (tertiary/aromatic N) is 1. The minimum Gasteiger partial charge on any atom is -0.342 e. The molecular weight excluding hydrogens is 248 g/mol. The lowest BCUT2D eigenvalue weighted by atomic mass is 9.86. The number of nitrogens with two attached hydrogens (primary N) is 1. The maximum absolute atomic E-state index is 12.6. The summed E-state index contributed by atoms with van der Waals surface area (Å²) in [5, 5.41) is 0. The average molecular weight is 276 g/mol. The van der Waals surface area contributed by atoms with Gasteiger partial charge in [0.15, 0.2) is 0 Å². The molecule has 3 nitrogen and oxygen atoms in total. The zero-order valence-corrected chi connectivity index (χ0v) is 13.6. The Morgan fingerprint density at radius 3 is 2.10 bits per heavy atom. The standard InChI is InChI=1S/C17H28N2O/c1-12(15(18)14-10-8-7-9-11-14)16(20)19(6)13(2)17(3,4)5/h7-13,15H,18H2,1-6H3. The third kappa shape index (κ3) is 3.83. The lowest BCUT2D eigenvalue weighted by Gasteiger charge is -2.37. The van der Waals surface area contributed by atoms with Crippen LogP contribution in [0.25, 0.3) is 0 Å². The van der Waals surface area contributed by atoms with E-state index in [0.717, 1.165) is 5.56 Å². The van der Waals surface area contributed by atoms with Gasteiger partial charge in [-0.2, -0.15) is 0 Å². The normalized spacial score (nSPS) is 16.4. The Kier molecular flexibility index (Phi) is 5.35. The SMILES string of the molecule is CC(C(=O)N(C)C(C)C(C)(C)C)C(N)c1ccccc1. The van der Waals surface area contributed by atoms with Gasteiger partial charge in [-0.05, 0) is 17.9 Å². The Morgan fingerprint density at radius 1 is 1.15 bits per heavy atom. The average Bonchev–Trinajstić information content (AvgIpc) is 2.43. The van der Waals surface area contributed by atoms with Crippen molar-refractivity contribution in [3.63, 3.8) is 0 Å². The van der Waals surface area contributed by atoms with E-state index in [4.69, 9.17) is 5.73 Å². The topological polar surface area (TPSA) is 46.3 Å². The number of benzene rings is 1. The predicted molar refractivity (Wildman–Crippen MR) is 84.2 cm³/mol. The summed E-state index contributed by atoms with van der Waals surface area (Å²) >= 11 is 0. The number of amides is 1. The molecule has 112 valence electrons. The second-order valence-corrected chi connectivity index (χ2v) is 6.72. The molecule has 3 atom stereocenters. The van der Waals surface area contributed by atoms with Crippen LogP contribution in [0.2, 0.25) is 0 Å². The van der Waals surface area contributed by atoms with Crippen LogP contribution < -0.4 is 5.73 Å². The summed E-state index contributed by atoms with van der Waals surface area (Å²) in [7, 11) is 1.87. The van der Waals surface area contributed by atoms with Gasteiger partial charge in [0.1, 0.15) is 0 Å². The third-order valence-electron chi connectivity index (χ3n) is 4.29. The van der Waals surface area contributed by atoms with Crippen LogP contribution in [0.4, 0.5) is 0 Å². The number of rotatable bonds is 4. The molecule has 0 saturated carbocycles. The molecule has 0 spiro atoms. The molecule has 3 heteroatoms. The highest BCUT2D eigenvalue weighted by Crippen LogP contribution is 2.27. The summed E-state index contributed by atoms with van der Waals surface area (Å²) in [6, 6.07) is 9.71. The van der Waals surface area contributed by atoms with Crippen LogP contribution in [-0.2, 0) is 4.79 Å². The Labute approximate surface area is 123 Å². The molecule has 0 heterocycles. The molecule has 0 aliphatic carbocycles. The molecule has 0 fully saturated rings. The first kappa shape index (κ1) is 16.7. The van der Waals surface area contributed by atoms with Gasteiger partial charge in [-0.1, -0.05) is 58.0 Å². The zero-order chi connectivity index (χ0) is 15.5. The first-order chi connectivity index (χ1) is 9.16. The van der Waals surface area contributed by atoms with Gasteiger partial charge in [0, 0.05) is 19.1 Å². The predicted octanol–water partition coefficient (Wildman–Crippen LogP) is 3.22. The smallest absolute Gasteiger partial charge is 0.227 e. The van der Waals surface area contributed by atoms with E-state index >= 15 is 0 Å². The summed E-state index contributed by atoms with van der Waals surface area (Å²) < 4.78 is 0. The third-order valence-corrected chi connectivity index (χ3v) is 4.29. The van der Waals surface area contributed by atoms with Gasteiger partial charge >= 0.3 is 0 Å². The van der Waals surface area contributed by atoms with Crippen molar-refractivity contribution >= 4 is 5.91 Å². The van der Waals surface area contributed by atoms with Gasteiger partial charge in [0.05, 0.1) is 5.92 Å². The van der Waals surface area contributed by atoms with E-state index in [1.54, 1.807) is 0 Å². The molecule has 0 radical (unpaired) electrons. The summed E-state index contributed by atoms with van der Waals surface area (Å²) in [5.74, 6) is -0.129. The van der Waals surface area contributed by atoms with E-state index in [2.05, 4.69) is 27.7 Å². The Morgan fingerprint density at radius 2 is 1.65 bits per heavy atom. The number of carbonyl (C=O) groups is 1. The quantitative estimate of drug-likeness (QED) is 0.918. The van der Waals surface area contributed by atoms with E-state index in [1.165, 1.54) is 0 Å².